The monoisotopic (exact) mass is 377 g/mol. The zero-order valence-electron chi connectivity index (χ0n) is 16.2. The van der Waals surface area contributed by atoms with Crippen LogP contribution in [0.25, 0.3) is 10.9 Å². The van der Waals surface area contributed by atoms with Gasteiger partial charge in [-0.05, 0) is 49.6 Å². The Labute approximate surface area is 163 Å². The highest BCUT2D eigenvalue weighted by atomic mass is 16.5. The number of rotatable bonds is 4. The van der Waals surface area contributed by atoms with Crippen LogP contribution in [-0.4, -0.2) is 36.0 Å². The second-order valence-corrected chi connectivity index (χ2v) is 7.34. The van der Waals surface area contributed by atoms with E-state index >= 15 is 0 Å². The van der Waals surface area contributed by atoms with Crippen LogP contribution >= 0.6 is 0 Å². The molecule has 1 aliphatic rings. The Morgan fingerprint density at radius 1 is 1.25 bits per heavy atom. The van der Waals surface area contributed by atoms with Crippen LogP contribution in [0, 0.1) is 6.92 Å². The molecule has 6 heteroatoms. The molecule has 0 aliphatic carbocycles. The summed E-state index contributed by atoms with van der Waals surface area (Å²) in [7, 11) is 1.67. The normalized spacial score (nSPS) is 18.7. The molecular weight excluding hydrogens is 354 g/mol. The number of carbonyl (C=O) groups is 2. The fraction of sp³-hybridized carbons (Fsp3) is 0.273. The van der Waals surface area contributed by atoms with Crippen LogP contribution in [0.5, 0.6) is 5.75 Å². The van der Waals surface area contributed by atoms with Gasteiger partial charge in [0.2, 0.25) is 0 Å². The number of benzene rings is 2. The van der Waals surface area contributed by atoms with Crippen molar-refractivity contribution in [1.29, 1.82) is 0 Å². The Morgan fingerprint density at radius 2 is 2.04 bits per heavy atom. The number of hydrogen-bond donors (Lipinski definition) is 2. The van der Waals surface area contributed by atoms with Gasteiger partial charge >= 0.3 is 0 Å². The fourth-order valence-corrected chi connectivity index (χ4v) is 3.63. The molecule has 28 heavy (non-hydrogen) atoms. The van der Waals surface area contributed by atoms with Gasteiger partial charge in [0.15, 0.2) is 0 Å². The molecule has 0 bridgehead atoms. The zero-order chi connectivity index (χ0) is 19.9. The summed E-state index contributed by atoms with van der Waals surface area (Å²) in [4.78, 5) is 30.4. The number of para-hydroxylation sites is 1. The first-order valence-electron chi connectivity index (χ1n) is 9.31. The van der Waals surface area contributed by atoms with Crippen molar-refractivity contribution in [3.8, 4) is 5.75 Å². The van der Waals surface area contributed by atoms with Gasteiger partial charge in [-0.2, -0.15) is 0 Å². The van der Waals surface area contributed by atoms with Gasteiger partial charge in [-0.1, -0.05) is 24.3 Å². The topological polar surface area (TPSA) is 74.4 Å². The molecule has 2 N–H and O–H groups in total. The van der Waals surface area contributed by atoms with E-state index in [1.54, 1.807) is 13.1 Å². The van der Waals surface area contributed by atoms with Gasteiger partial charge < -0.3 is 19.9 Å². The van der Waals surface area contributed by atoms with Crippen molar-refractivity contribution in [1.82, 2.24) is 10.3 Å². The van der Waals surface area contributed by atoms with Gasteiger partial charge in [-0.3, -0.25) is 9.59 Å². The van der Waals surface area contributed by atoms with E-state index in [1.165, 1.54) is 11.8 Å². The Hall–Kier alpha value is -3.28. The maximum atomic E-state index is 12.9. The summed E-state index contributed by atoms with van der Waals surface area (Å²) in [5, 5.41) is 4.00. The molecule has 144 valence electrons. The number of carbonyl (C=O) groups excluding carboxylic acids is 2. The van der Waals surface area contributed by atoms with Crippen LogP contribution in [0.2, 0.25) is 0 Å². The van der Waals surface area contributed by atoms with Gasteiger partial charge in [0.05, 0.1) is 5.69 Å². The fourth-order valence-electron chi connectivity index (χ4n) is 3.63. The molecule has 2 aromatic carbocycles. The van der Waals surface area contributed by atoms with E-state index in [0.29, 0.717) is 24.4 Å². The Kier molecular flexibility index (Phi) is 4.34. The molecular formula is C22H23N3O3. The van der Waals surface area contributed by atoms with Crippen molar-refractivity contribution in [3.05, 3.63) is 59.8 Å². The number of aromatic nitrogens is 1. The van der Waals surface area contributed by atoms with Crippen LogP contribution in [0.4, 0.5) is 5.69 Å². The Bertz CT molecular complexity index is 1070. The molecule has 1 atom stereocenters. The number of aryl methyl sites for hydroxylation is 1. The molecule has 1 unspecified atom stereocenters. The van der Waals surface area contributed by atoms with Gasteiger partial charge in [0.25, 0.3) is 17.4 Å². The standard InChI is InChI=1S/C22H23N3O3/c1-14-8-9-19-18(12-14)25(3)21(27)22(2,28-19)20(26)23-11-10-15-13-24-17-7-5-4-6-16(15)17/h4-9,12-13,24H,10-11H2,1-3H3,(H,23,26). The number of ether oxygens (including phenoxy) is 1. The highest BCUT2D eigenvalue weighted by Gasteiger charge is 2.49. The lowest BCUT2D eigenvalue weighted by atomic mass is 9.99. The molecule has 4 rings (SSSR count). The maximum absolute atomic E-state index is 12.9. The Balaban J connectivity index is 1.48. The quantitative estimate of drug-likeness (QED) is 0.687. The smallest absolute Gasteiger partial charge is 0.280 e. The molecule has 6 nitrogen and oxygen atoms in total. The molecule has 1 aromatic heterocycles. The number of amides is 2. The average molecular weight is 377 g/mol. The van der Waals surface area contributed by atoms with Crippen LogP contribution in [0.1, 0.15) is 18.1 Å². The highest BCUT2D eigenvalue weighted by molar-refractivity contribution is 6.16. The number of likely N-dealkylation sites (N-methyl/N-ethyl adjacent to an activating group) is 1. The van der Waals surface area contributed by atoms with Crippen molar-refractivity contribution in [2.75, 3.05) is 18.5 Å². The van der Waals surface area contributed by atoms with Crippen LogP contribution in [0.15, 0.2) is 48.7 Å². The summed E-state index contributed by atoms with van der Waals surface area (Å²) < 4.78 is 5.87. The number of nitrogens with zero attached hydrogens (tertiary/aromatic N) is 1. The molecule has 1 aliphatic heterocycles. The largest absolute Gasteiger partial charge is 0.466 e. The van der Waals surface area contributed by atoms with Crippen molar-refractivity contribution < 1.29 is 14.3 Å². The SMILES string of the molecule is Cc1ccc2c(c1)N(C)C(=O)C(C)(C(=O)NCCc1c[nH]c3ccccc13)O2. The van der Waals surface area contributed by atoms with E-state index in [9.17, 15) is 9.59 Å². The van der Waals surface area contributed by atoms with E-state index in [-0.39, 0.29) is 5.91 Å². The highest BCUT2D eigenvalue weighted by Crippen LogP contribution is 2.37. The van der Waals surface area contributed by atoms with Crippen molar-refractivity contribution in [3.63, 3.8) is 0 Å². The van der Waals surface area contributed by atoms with Crippen molar-refractivity contribution in [2.24, 2.45) is 0 Å². The second kappa shape index (κ2) is 6.71. The number of H-pyrrole nitrogens is 1. The molecule has 0 saturated heterocycles. The summed E-state index contributed by atoms with van der Waals surface area (Å²) in [5.41, 5.74) is 2.30. The predicted molar refractivity (Wildman–Crippen MR) is 109 cm³/mol. The third-order valence-corrected chi connectivity index (χ3v) is 5.29. The molecule has 3 aromatic rings. The summed E-state index contributed by atoms with van der Waals surface area (Å²) >= 11 is 0. The molecule has 2 amide bonds. The minimum Gasteiger partial charge on any atom is -0.466 e. The molecule has 0 saturated carbocycles. The third kappa shape index (κ3) is 2.91. The Morgan fingerprint density at radius 3 is 2.86 bits per heavy atom. The predicted octanol–water partition coefficient (Wildman–Crippen LogP) is 2.95. The molecule has 0 spiro atoms. The first kappa shape index (κ1) is 18.1. The van der Waals surface area contributed by atoms with E-state index in [4.69, 9.17) is 4.74 Å². The number of aromatic amines is 1. The van der Waals surface area contributed by atoms with Gasteiger partial charge in [-0.15, -0.1) is 0 Å². The summed E-state index contributed by atoms with van der Waals surface area (Å²) in [6.07, 6.45) is 2.61. The average Bonchev–Trinajstić information content (AvgIpc) is 3.10. The lowest BCUT2D eigenvalue weighted by Crippen LogP contribution is -2.61. The first-order valence-corrected chi connectivity index (χ1v) is 9.31. The van der Waals surface area contributed by atoms with Crippen molar-refractivity contribution in [2.45, 2.75) is 25.9 Å². The first-order chi connectivity index (χ1) is 13.4. The minimum absolute atomic E-state index is 0.379. The minimum atomic E-state index is -1.59. The third-order valence-electron chi connectivity index (χ3n) is 5.29. The van der Waals surface area contributed by atoms with Crippen LogP contribution < -0.4 is 15.0 Å². The van der Waals surface area contributed by atoms with Crippen molar-refractivity contribution >= 4 is 28.4 Å². The van der Waals surface area contributed by atoms with Gasteiger partial charge in [-0.25, -0.2) is 0 Å². The number of nitrogens with one attached hydrogen (secondary N) is 2. The van der Waals surface area contributed by atoms with Gasteiger partial charge in [0.1, 0.15) is 5.75 Å². The van der Waals surface area contributed by atoms with E-state index in [1.807, 2.05) is 49.5 Å². The second-order valence-electron chi connectivity index (χ2n) is 7.34. The van der Waals surface area contributed by atoms with E-state index in [0.717, 1.165) is 22.0 Å². The maximum Gasteiger partial charge on any atom is 0.280 e. The van der Waals surface area contributed by atoms with Crippen LogP contribution in [0.3, 0.4) is 0 Å². The molecule has 2 heterocycles. The van der Waals surface area contributed by atoms with E-state index < -0.39 is 11.5 Å². The lowest BCUT2D eigenvalue weighted by Gasteiger charge is -2.38. The van der Waals surface area contributed by atoms with Gasteiger partial charge in [0, 0.05) is 30.7 Å². The zero-order valence-corrected chi connectivity index (χ0v) is 16.2. The number of anilines is 1. The van der Waals surface area contributed by atoms with E-state index in [2.05, 4.69) is 10.3 Å². The lowest BCUT2D eigenvalue weighted by molar-refractivity contribution is -0.148. The summed E-state index contributed by atoms with van der Waals surface area (Å²) in [6.45, 7) is 3.89. The number of fused-ring (bicyclic) bond motifs is 2. The summed E-state index contributed by atoms with van der Waals surface area (Å²) in [6, 6.07) is 13.6. The molecule has 0 fully saturated rings. The van der Waals surface area contributed by atoms with Crippen LogP contribution in [-0.2, 0) is 16.0 Å². The molecule has 0 radical (unpaired) electrons. The summed E-state index contributed by atoms with van der Waals surface area (Å²) in [5.74, 6) is -0.285. The number of hydrogen-bond acceptors (Lipinski definition) is 3.